The van der Waals surface area contributed by atoms with Crippen molar-refractivity contribution in [2.75, 3.05) is 11.5 Å². The quantitative estimate of drug-likeness (QED) is 0.323. The van der Waals surface area contributed by atoms with E-state index in [0.29, 0.717) is 36.5 Å². The maximum Gasteiger partial charge on any atom is 0.336 e. The van der Waals surface area contributed by atoms with Crippen LogP contribution in [-0.4, -0.2) is 18.4 Å². The highest BCUT2D eigenvalue weighted by Crippen LogP contribution is 2.47. The molecule has 0 unspecified atom stereocenters. The molecule has 3 aromatic rings. The number of carbonyl (C=O) groups excluding carboxylic acids is 2. The maximum absolute atomic E-state index is 13.6. The third kappa shape index (κ3) is 2.90. The second kappa shape index (κ2) is 7.17. The normalized spacial score (nSPS) is 24.0. The molecule has 3 atom stereocenters. The molecule has 2 amide bonds. The molecule has 1 aromatic heterocycles. The van der Waals surface area contributed by atoms with E-state index < -0.39 is 5.92 Å². The van der Waals surface area contributed by atoms with Crippen molar-refractivity contribution in [3.8, 4) is 5.75 Å². The van der Waals surface area contributed by atoms with E-state index in [-0.39, 0.29) is 29.3 Å². The first-order valence-electron chi connectivity index (χ1n) is 11.3. The smallest absolute Gasteiger partial charge is 0.336 e. The van der Waals surface area contributed by atoms with Crippen LogP contribution in [-0.2, 0) is 16.0 Å². The van der Waals surface area contributed by atoms with Crippen LogP contribution in [0.15, 0.2) is 63.3 Å². The number of benzene rings is 2. The number of nitrogens with zero attached hydrogens (tertiary/aromatic N) is 1. The molecule has 3 heterocycles. The molecule has 3 aliphatic rings. The highest BCUT2D eigenvalue weighted by Gasteiger charge is 2.53. The third-order valence-corrected chi connectivity index (χ3v) is 7.36. The van der Waals surface area contributed by atoms with Gasteiger partial charge in [-0.25, -0.2) is 4.79 Å². The number of ether oxygens (including phenoxy) is 1. The van der Waals surface area contributed by atoms with Gasteiger partial charge >= 0.3 is 5.63 Å². The van der Waals surface area contributed by atoms with Gasteiger partial charge < -0.3 is 9.15 Å². The van der Waals surface area contributed by atoms with Crippen LogP contribution in [0, 0.1) is 31.6 Å². The molecular weight excluding hydrogens is 418 g/mol. The van der Waals surface area contributed by atoms with Gasteiger partial charge in [0.1, 0.15) is 17.9 Å². The van der Waals surface area contributed by atoms with Crippen LogP contribution < -0.4 is 15.3 Å². The summed E-state index contributed by atoms with van der Waals surface area (Å²) in [6.07, 6.45) is 3.22. The van der Waals surface area contributed by atoms with E-state index in [9.17, 15) is 14.4 Å². The second-order valence-electron chi connectivity index (χ2n) is 9.21. The minimum atomic E-state index is -0.405. The minimum Gasteiger partial charge on any atom is -0.489 e. The number of para-hydroxylation sites is 1. The first-order valence-corrected chi connectivity index (χ1v) is 11.3. The predicted molar refractivity (Wildman–Crippen MR) is 123 cm³/mol. The van der Waals surface area contributed by atoms with Gasteiger partial charge in [-0.3, -0.25) is 14.5 Å². The maximum atomic E-state index is 13.6. The molecule has 2 aliphatic heterocycles. The molecule has 6 heteroatoms. The van der Waals surface area contributed by atoms with Gasteiger partial charge in [0.05, 0.1) is 17.5 Å². The number of rotatable bonds is 1. The fourth-order valence-electron chi connectivity index (χ4n) is 5.77. The Morgan fingerprint density at radius 2 is 1.76 bits per heavy atom. The number of imide groups is 1. The summed E-state index contributed by atoms with van der Waals surface area (Å²) in [5.74, 6) is -0.408. The molecule has 0 spiro atoms. The lowest BCUT2D eigenvalue weighted by Crippen LogP contribution is -2.34. The number of anilines is 1. The summed E-state index contributed by atoms with van der Waals surface area (Å²) in [4.78, 5) is 40.2. The van der Waals surface area contributed by atoms with E-state index in [4.69, 9.17) is 9.15 Å². The second-order valence-corrected chi connectivity index (χ2v) is 9.21. The lowest BCUT2D eigenvalue weighted by molar-refractivity contribution is -0.122. The van der Waals surface area contributed by atoms with Crippen LogP contribution in [0.3, 0.4) is 0 Å². The number of amides is 2. The summed E-state index contributed by atoms with van der Waals surface area (Å²) in [5, 5.41) is 0.869. The number of hydrogen-bond donors (Lipinski definition) is 0. The molecule has 6 nitrogen and oxygen atoms in total. The Balaban J connectivity index is 1.45. The van der Waals surface area contributed by atoms with Gasteiger partial charge in [-0.15, -0.1) is 0 Å². The molecule has 1 saturated heterocycles. The van der Waals surface area contributed by atoms with E-state index in [0.717, 1.165) is 27.6 Å². The van der Waals surface area contributed by atoms with Crippen LogP contribution >= 0.6 is 0 Å². The first kappa shape index (κ1) is 20.0. The molecule has 0 bridgehead atoms. The zero-order chi connectivity index (χ0) is 22.9. The fraction of sp³-hybridized carbons (Fsp3) is 0.296. The van der Waals surface area contributed by atoms with Gasteiger partial charge in [-0.1, -0.05) is 24.3 Å². The predicted octanol–water partition coefficient (Wildman–Crippen LogP) is 4.10. The van der Waals surface area contributed by atoms with Gasteiger partial charge in [0.25, 0.3) is 0 Å². The SMILES string of the molecule is Cc1cc(=O)oc2c(C)c3c(cc12)C[C@@H]1C(=CC[C@@H]2C(=O)N(c4ccccc4)C(=O)[C@@H]21)CO3. The van der Waals surface area contributed by atoms with Crippen molar-refractivity contribution in [2.45, 2.75) is 26.7 Å². The van der Waals surface area contributed by atoms with E-state index in [1.807, 2.05) is 38.1 Å². The number of hydrogen-bond acceptors (Lipinski definition) is 5. The Morgan fingerprint density at radius 1 is 0.970 bits per heavy atom. The fourth-order valence-corrected chi connectivity index (χ4v) is 5.77. The van der Waals surface area contributed by atoms with Crippen molar-refractivity contribution in [2.24, 2.45) is 17.8 Å². The molecule has 33 heavy (non-hydrogen) atoms. The molecule has 2 aromatic carbocycles. The topological polar surface area (TPSA) is 76.8 Å². The standard InChI is InChI=1S/C27H23NO5/c1-14-10-22(29)33-25-15(2)24-17(11-20(14)25)12-21-16(13-32-24)8-9-19-23(21)27(31)28(26(19)30)18-6-4-3-5-7-18/h3-8,10-11,19,21,23H,9,12-13H2,1-2H3/t19-,21+,23-/m0/s1. The summed E-state index contributed by atoms with van der Waals surface area (Å²) in [7, 11) is 0. The monoisotopic (exact) mass is 441 g/mol. The van der Waals surface area contributed by atoms with Crippen LogP contribution in [0.25, 0.3) is 11.0 Å². The van der Waals surface area contributed by atoms with Gasteiger partial charge in [0.2, 0.25) is 11.8 Å². The molecule has 1 aliphatic carbocycles. The molecule has 0 N–H and O–H groups in total. The Labute approximate surface area is 190 Å². The van der Waals surface area contributed by atoms with Gasteiger partial charge in [0.15, 0.2) is 0 Å². The zero-order valence-corrected chi connectivity index (χ0v) is 18.5. The van der Waals surface area contributed by atoms with Gasteiger partial charge in [0, 0.05) is 17.0 Å². The summed E-state index contributed by atoms with van der Waals surface area (Å²) in [5.41, 5.74) is 4.45. The molecule has 1 fully saturated rings. The van der Waals surface area contributed by atoms with Crippen molar-refractivity contribution >= 4 is 28.5 Å². The molecular formula is C27H23NO5. The number of allylic oxidation sites excluding steroid dienone is 1. The average molecular weight is 441 g/mol. The first-order chi connectivity index (χ1) is 15.9. The summed E-state index contributed by atoms with van der Waals surface area (Å²) >= 11 is 0. The van der Waals surface area contributed by atoms with E-state index in [2.05, 4.69) is 6.08 Å². The molecule has 166 valence electrons. The van der Waals surface area contributed by atoms with Crippen molar-refractivity contribution in [3.63, 3.8) is 0 Å². The third-order valence-electron chi connectivity index (χ3n) is 7.36. The van der Waals surface area contributed by atoms with Crippen molar-refractivity contribution in [1.82, 2.24) is 0 Å². The van der Waals surface area contributed by atoms with E-state index in [1.54, 1.807) is 12.1 Å². The van der Waals surface area contributed by atoms with E-state index >= 15 is 0 Å². The van der Waals surface area contributed by atoms with Crippen LogP contribution in [0.2, 0.25) is 0 Å². The molecule has 0 saturated carbocycles. The largest absolute Gasteiger partial charge is 0.489 e. The summed E-state index contributed by atoms with van der Waals surface area (Å²) < 4.78 is 11.7. The molecule has 0 radical (unpaired) electrons. The van der Waals surface area contributed by atoms with Crippen LogP contribution in [0.1, 0.15) is 23.1 Å². The average Bonchev–Trinajstić information content (AvgIpc) is 2.94. The van der Waals surface area contributed by atoms with Crippen LogP contribution in [0.4, 0.5) is 5.69 Å². The Kier molecular flexibility index (Phi) is 4.34. The minimum absolute atomic E-state index is 0.108. The number of fused-ring (bicyclic) bond motifs is 5. The lowest BCUT2D eigenvalue weighted by Gasteiger charge is -2.30. The highest BCUT2D eigenvalue weighted by atomic mass is 16.5. The van der Waals surface area contributed by atoms with Crippen molar-refractivity contribution in [1.29, 1.82) is 0 Å². The lowest BCUT2D eigenvalue weighted by atomic mass is 9.71. The van der Waals surface area contributed by atoms with Crippen molar-refractivity contribution in [3.05, 3.63) is 81.2 Å². The number of aryl methyl sites for hydroxylation is 2. The Hall–Kier alpha value is -3.67. The Morgan fingerprint density at radius 3 is 2.55 bits per heavy atom. The van der Waals surface area contributed by atoms with E-state index in [1.165, 1.54) is 11.0 Å². The van der Waals surface area contributed by atoms with Crippen LogP contribution in [0.5, 0.6) is 5.75 Å². The summed E-state index contributed by atoms with van der Waals surface area (Å²) in [6, 6.07) is 12.7. The molecule has 6 rings (SSSR count). The zero-order valence-electron chi connectivity index (χ0n) is 18.5. The Bertz CT molecular complexity index is 1420. The van der Waals surface area contributed by atoms with Gasteiger partial charge in [-0.2, -0.15) is 0 Å². The summed E-state index contributed by atoms with van der Waals surface area (Å²) in [6.45, 7) is 4.15. The van der Waals surface area contributed by atoms with Gasteiger partial charge in [-0.05, 0) is 67.5 Å². The van der Waals surface area contributed by atoms with Crippen molar-refractivity contribution < 1.29 is 18.7 Å². The number of carbonyl (C=O) groups is 2. The highest BCUT2D eigenvalue weighted by molar-refractivity contribution is 6.22.